The van der Waals surface area contributed by atoms with Crippen LogP contribution >= 0.6 is 11.3 Å². The van der Waals surface area contributed by atoms with E-state index < -0.39 is 5.92 Å². The highest BCUT2D eigenvalue weighted by molar-refractivity contribution is 7.14. The maximum Gasteiger partial charge on any atom is 0.308 e. The molecule has 0 amide bonds. The SMILES string of the molecule is CCC(CC)(c1ccc(CCC(O)C(C)(C)C)c(C)c1)c1cc(C)c(C(=O)C[C@H](C)C(=O)OC)s1. The van der Waals surface area contributed by atoms with Gasteiger partial charge in [-0.05, 0) is 73.3 Å². The van der Waals surface area contributed by atoms with Crippen LogP contribution in [-0.4, -0.2) is 30.1 Å². The second-order valence-corrected chi connectivity index (χ2v) is 12.1. The van der Waals surface area contributed by atoms with Crippen LogP contribution in [-0.2, 0) is 21.4 Å². The van der Waals surface area contributed by atoms with Gasteiger partial charge in [0.15, 0.2) is 5.78 Å². The van der Waals surface area contributed by atoms with Gasteiger partial charge >= 0.3 is 5.97 Å². The zero-order valence-corrected chi connectivity index (χ0v) is 23.9. The largest absolute Gasteiger partial charge is 0.469 e. The summed E-state index contributed by atoms with van der Waals surface area (Å²) in [5, 5.41) is 10.5. The Hall–Kier alpha value is -1.98. The summed E-state index contributed by atoms with van der Waals surface area (Å²) in [5.74, 6) is -0.803. The quantitative estimate of drug-likeness (QED) is 0.262. The van der Waals surface area contributed by atoms with Crippen LogP contribution in [0.4, 0.5) is 0 Å². The molecule has 2 aromatic rings. The number of methoxy groups -OCH3 is 1. The fraction of sp³-hybridized carbons (Fsp3) is 0.600. The molecule has 0 aliphatic rings. The van der Waals surface area contributed by atoms with E-state index in [0.29, 0.717) is 0 Å². The van der Waals surface area contributed by atoms with Gasteiger partial charge in [0, 0.05) is 16.7 Å². The zero-order valence-electron chi connectivity index (χ0n) is 23.1. The van der Waals surface area contributed by atoms with E-state index in [2.05, 4.69) is 65.8 Å². The molecule has 0 radical (unpaired) electrons. The summed E-state index contributed by atoms with van der Waals surface area (Å²) in [5.41, 5.74) is 4.47. The van der Waals surface area contributed by atoms with Gasteiger partial charge in [-0.1, -0.05) is 59.7 Å². The standard InChI is InChI=1S/C30H44O4S/c1-10-30(11-2,23-14-12-22(19(3)16-23)13-15-25(32)29(6,7)8)26-18-20(4)27(35-26)24(31)17-21(5)28(33)34-9/h12,14,16,18,21,25,32H,10-11,13,15,17H2,1-9H3/t21-,25?/m0/s1. The van der Waals surface area contributed by atoms with Gasteiger partial charge in [0.05, 0.1) is 24.0 Å². The molecule has 0 saturated heterocycles. The first-order valence-corrected chi connectivity index (χ1v) is 13.6. The maximum atomic E-state index is 13.0. The molecule has 35 heavy (non-hydrogen) atoms. The van der Waals surface area contributed by atoms with Crippen molar-refractivity contribution in [3.8, 4) is 0 Å². The number of Topliss-reactive ketones (excluding diaryl/α,β-unsaturated/α-hetero) is 1. The summed E-state index contributed by atoms with van der Waals surface area (Å²) in [6, 6.07) is 8.90. The van der Waals surface area contributed by atoms with Crippen molar-refractivity contribution in [2.45, 2.75) is 99.0 Å². The van der Waals surface area contributed by atoms with Crippen molar-refractivity contribution in [2.75, 3.05) is 7.11 Å². The monoisotopic (exact) mass is 500 g/mol. The lowest BCUT2D eigenvalue weighted by molar-refractivity contribution is -0.144. The number of hydrogen-bond acceptors (Lipinski definition) is 5. The van der Waals surface area contributed by atoms with Gasteiger partial charge in [-0.15, -0.1) is 11.3 Å². The van der Waals surface area contributed by atoms with Crippen molar-refractivity contribution in [3.63, 3.8) is 0 Å². The van der Waals surface area contributed by atoms with Crippen molar-refractivity contribution in [3.05, 3.63) is 56.3 Å². The van der Waals surface area contributed by atoms with Crippen molar-refractivity contribution in [1.29, 1.82) is 0 Å². The topological polar surface area (TPSA) is 63.6 Å². The van der Waals surface area contributed by atoms with Gasteiger partial charge in [0.25, 0.3) is 0 Å². The second kappa shape index (κ2) is 11.8. The molecule has 4 nitrogen and oxygen atoms in total. The average Bonchev–Trinajstić information content (AvgIpc) is 3.20. The molecule has 1 aromatic carbocycles. The minimum absolute atomic E-state index is 0.00157. The number of thiophene rings is 1. The third-order valence-electron chi connectivity index (χ3n) is 7.53. The van der Waals surface area contributed by atoms with Crippen LogP contribution in [0.5, 0.6) is 0 Å². The molecule has 0 aliphatic heterocycles. The number of carbonyl (C=O) groups excluding carboxylic acids is 2. The van der Waals surface area contributed by atoms with E-state index in [0.717, 1.165) is 36.1 Å². The summed E-state index contributed by atoms with van der Waals surface area (Å²) in [6.07, 6.45) is 3.28. The van der Waals surface area contributed by atoms with E-state index in [9.17, 15) is 14.7 Å². The molecule has 1 heterocycles. The number of aliphatic hydroxyl groups is 1. The predicted octanol–water partition coefficient (Wildman–Crippen LogP) is 7.19. The highest BCUT2D eigenvalue weighted by Crippen LogP contribution is 2.44. The second-order valence-electron chi connectivity index (χ2n) is 11.0. The Morgan fingerprint density at radius 1 is 1.06 bits per heavy atom. The molecule has 5 heteroatoms. The number of aryl methyl sites for hydroxylation is 3. The van der Waals surface area contributed by atoms with Crippen molar-refractivity contribution < 1.29 is 19.4 Å². The highest BCUT2D eigenvalue weighted by atomic mass is 32.1. The number of aliphatic hydroxyl groups excluding tert-OH is 1. The molecule has 194 valence electrons. The van der Waals surface area contributed by atoms with Crippen LogP contribution in [0, 0.1) is 25.2 Å². The maximum absolute atomic E-state index is 13.0. The summed E-state index contributed by atoms with van der Waals surface area (Å²) in [6.45, 7) is 16.5. The number of esters is 1. The lowest BCUT2D eigenvalue weighted by Gasteiger charge is -2.32. The van der Waals surface area contributed by atoms with Crippen LogP contribution in [0.3, 0.4) is 0 Å². The number of hydrogen-bond donors (Lipinski definition) is 1. The minimum Gasteiger partial charge on any atom is -0.469 e. The van der Waals surface area contributed by atoms with Crippen LogP contribution < -0.4 is 0 Å². The number of benzene rings is 1. The molecule has 0 saturated carbocycles. The lowest BCUT2D eigenvalue weighted by atomic mass is 9.73. The molecule has 0 fully saturated rings. The number of ether oxygens (including phenoxy) is 1. The fourth-order valence-corrected chi connectivity index (χ4v) is 6.27. The minimum atomic E-state index is -0.452. The van der Waals surface area contributed by atoms with Crippen LogP contribution in [0.2, 0.25) is 0 Å². The number of ketones is 1. The number of carbonyl (C=O) groups is 2. The summed E-state index contributed by atoms with van der Waals surface area (Å²) < 4.78 is 4.80. The normalized spacial score (nSPS) is 14.0. The first kappa shape index (κ1) is 29.3. The van der Waals surface area contributed by atoms with Crippen molar-refractivity contribution in [1.82, 2.24) is 0 Å². The number of rotatable bonds is 11. The molecule has 1 aromatic heterocycles. The Bertz CT molecular complexity index is 1020. The Morgan fingerprint density at radius 3 is 2.20 bits per heavy atom. The molecular weight excluding hydrogens is 456 g/mol. The predicted molar refractivity (Wildman–Crippen MR) is 146 cm³/mol. The lowest BCUT2D eigenvalue weighted by Crippen LogP contribution is -2.26. The molecule has 2 rings (SSSR count). The first-order chi connectivity index (χ1) is 16.3. The van der Waals surface area contributed by atoms with Gasteiger partial charge in [-0.2, -0.15) is 0 Å². The highest BCUT2D eigenvalue weighted by Gasteiger charge is 2.34. The van der Waals surface area contributed by atoms with Crippen molar-refractivity contribution >= 4 is 23.1 Å². The summed E-state index contributed by atoms with van der Waals surface area (Å²) in [7, 11) is 1.36. The molecule has 1 N–H and O–H groups in total. The van der Waals surface area contributed by atoms with E-state index in [4.69, 9.17) is 4.74 Å². The van der Waals surface area contributed by atoms with E-state index >= 15 is 0 Å². The van der Waals surface area contributed by atoms with Crippen LogP contribution in [0.15, 0.2) is 24.3 Å². The third kappa shape index (κ3) is 6.62. The Kier molecular flexibility index (Phi) is 9.89. The fourth-order valence-electron chi connectivity index (χ4n) is 4.80. The molecule has 1 unspecified atom stereocenters. The molecular formula is C30H44O4S. The third-order valence-corrected chi connectivity index (χ3v) is 9.01. The van der Waals surface area contributed by atoms with Crippen molar-refractivity contribution in [2.24, 2.45) is 11.3 Å². The van der Waals surface area contributed by atoms with E-state index in [1.165, 1.54) is 28.7 Å². The van der Waals surface area contributed by atoms with E-state index in [-0.39, 0.29) is 35.1 Å². The molecule has 0 spiro atoms. The Morgan fingerprint density at radius 2 is 1.69 bits per heavy atom. The van der Waals surface area contributed by atoms with Gasteiger partial charge in [-0.3, -0.25) is 9.59 Å². The van der Waals surface area contributed by atoms with Gasteiger partial charge in [-0.25, -0.2) is 0 Å². The van der Waals surface area contributed by atoms with Crippen LogP contribution in [0.1, 0.15) is 104 Å². The van der Waals surface area contributed by atoms with Gasteiger partial charge in [0.1, 0.15) is 0 Å². The smallest absolute Gasteiger partial charge is 0.308 e. The van der Waals surface area contributed by atoms with E-state index in [1.54, 1.807) is 18.3 Å². The molecule has 0 bridgehead atoms. The summed E-state index contributed by atoms with van der Waals surface area (Å²) in [4.78, 5) is 26.8. The zero-order chi connectivity index (χ0) is 26.6. The molecule has 0 aliphatic carbocycles. The Labute approximate surface area is 216 Å². The van der Waals surface area contributed by atoms with E-state index in [1.807, 2.05) is 6.92 Å². The first-order valence-electron chi connectivity index (χ1n) is 12.8. The van der Waals surface area contributed by atoms with Gasteiger partial charge < -0.3 is 9.84 Å². The van der Waals surface area contributed by atoms with Crippen LogP contribution in [0.25, 0.3) is 0 Å². The summed E-state index contributed by atoms with van der Waals surface area (Å²) >= 11 is 1.57. The molecule has 2 atom stereocenters. The Balaban J connectivity index is 2.36. The average molecular weight is 501 g/mol. The van der Waals surface area contributed by atoms with Gasteiger partial charge in [0.2, 0.25) is 0 Å².